The van der Waals surface area contributed by atoms with Crippen molar-refractivity contribution >= 4 is 55.0 Å². The summed E-state index contributed by atoms with van der Waals surface area (Å²) in [7, 11) is 0. The van der Waals surface area contributed by atoms with Gasteiger partial charge >= 0.3 is 6.18 Å². The average molecular weight is 538 g/mol. The molecule has 33 heavy (non-hydrogen) atoms. The van der Waals surface area contributed by atoms with Crippen molar-refractivity contribution in [2.75, 3.05) is 5.32 Å². The van der Waals surface area contributed by atoms with Gasteiger partial charge in [0.1, 0.15) is 21.9 Å². The Morgan fingerprint density at radius 3 is 2.52 bits per heavy atom. The molecule has 0 atom stereocenters. The van der Waals surface area contributed by atoms with Gasteiger partial charge in [0.2, 0.25) is 5.91 Å². The quantitative estimate of drug-likeness (QED) is 0.374. The van der Waals surface area contributed by atoms with Crippen molar-refractivity contribution in [2.24, 2.45) is 5.73 Å². The highest BCUT2D eigenvalue weighted by Crippen LogP contribution is 2.43. The number of nitrogens with one attached hydrogen (secondary N) is 1. The summed E-state index contributed by atoms with van der Waals surface area (Å²) >= 11 is 4.01. The predicted molar refractivity (Wildman–Crippen MR) is 122 cm³/mol. The number of nitrogens with two attached hydrogens (primary N) is 1. The van der Waals surface area contributed by atoms with Gasteiger partial charge < -0.3 is 11.1 Å². The largest absolute Gasteiger partial charge is 0.433 e. The van der Waals surface area contributed by atoms with Gasteiger partial charge in [-0.15, -0.1) is 11.3 Å². The van der Waals surface area contributed by atoms with Crippen LogP contribution in [-0.2, 0) is 17.5 Å². The lowest BCUT2D eigenvalue weighted by Crippen LogP contribution is -2.22. The Bertz CT molecular complexity index is 1380. The second-order valence-corrected chi connectivity index (χ2v) is 8.91. The van der Waals surface area contributed by atoms with E-state index in [4.69, 9.17) is 5.73 Å². The zero-order valence-corrected chi connectivity index (χ0v) is 19.3. The maximum atomic E-state index is 13.5. The molecule has 0 unspecified atom stereocenters. The topological polar surface area (TPSA) is 103 Å². The number of carbonyl (C=O) groups excluding carboxylic acids is 2. The third-order valence-corrected chi connectivity index (χ3v) is 6.74. The lowest BCUT2D eigenvalue weighted by Gasteiger charge is -2.12. The second-order valence-electron chi connectivity index (χ2n) is 7.05. The van der Waals surface area contributed by atoms with E-state index in [1.54, 1.807) is 37.3 Å². The van der Waals surface area contributed by atoms with Crippen molar-refractivity contribution < 1.29 is 22.8 Å². The zero-order valence-electron chi connectivity index (χ0n) is 16.9. The van der Waals surface area contributed by atoms with Gasteiger partial charge in [-0.2, -0.15) is 18.3 Å². The minimum atomic E-state index is -4.71. The van der Waals surface area contributed by atoms with Crippen molar-refractivity contribution in [2.45, 2.75) is 19.6 Å². The summed E-state index contributed by atoms with van der Waals surface area (Å²) in [6, 6.07) is 9.24. The first-order chi connectivity index (χ1) is 15.6. The van der Waals surface area contributed by atoms with E-state index in [-0.39, 0.29) is 32.9 Å². The predicted octanol–water partition coefficient (Wildman–Crippen LogP) is 4.99. The number of carbonyl (C=O) groups is 2. The number of pyridine rings is 1. The standard InChI is InChI=1S/C21H15BrF3N5O2S/c1-10-13(22)8-27-30(10)9-15(31)29-17-16-12(11-5-3-2-4-6-11)7-14(21(23,24)25)28-20(16)33-18(17)19(26)32/h2-8H,9H2,1H3,(H2,26,32)(H,29,31). The van der Waals surface area contributed by atoms with Crippen LogP contribution < -0.4 is 11.1 Å². The van der Waals surface area contributed by atoms with E-state index in [9.17, 15) is 22.8 Å². The van der Waals surface area contributed by atoms with Gasteiger partial charge in [0.15, 0.2) is 0 Å². The third-order valence-electron chi connectivity index (χ3n) is 4.86. The highest BCUT2D eigenvalue weighted by atomic mass is 79.9. The Morgan fingerprint density at radius 1 is 1.24 bits per heavy atom. The monoisotopic (exact) mass is 537 g/mol. The summed E-state index contributed by atoms with van der Waals surface area (Å²) < 4.78 is 42.8. The normalized spacial score (nSPS) is 11.7. The van der Waals surface area contributed by atoms with Crippen LogP contribution in [-0.4, -0.2) is 26.6 Å². The first-order valence-electron chi connectivity index (χ1n) is 9.44. The Labute approximate surface area is 197 Å². The summed E-state index contributed by atoms with van der Waals surface area (Å²) in [5, 5.41) is 6.94. The van der Waals surface area contributed by atoms with Crippen LogP contribution in [0.5, 0.6) is 0 Å². The van der Waals surface area contributed by atoms with Crippen LogP contribution in [0.4, 0.5) is 18.9 Å². The van der Waals surface area contributed by atoms with Crippen LogP contribution in [0.15, 0.2) is 47.1 Å². The van der Waals surface area contributed by atoms with Gasteiger partial charge in [-0.3, -0.25) is 14.3 Å². The summed E-state index contributed by atoms with van der Waals surface area (Å²) in [5.41, 5.74) is 5.75. The molecule has 7 nitrogen and oxygen atoms in total. The van der Waals surface area contributed by atoms with Gasteiger partial charge in [0, 0.05) is 5.39 Å². The van der Waals surface area contributed by atoms with Crippen LogP contribution in [0, 0.1) is 6.92 Å². The fraction of sp³-hybridized carbons (Fsp3) is 0.143. The van der Waals surface area contributed by atoms with E-state index in [2.05, 4.69) is 31.3 Å². The number of hydrogen-bond donors (Lipinski definition) is 2. The molecule has 0 bridgehead atoms. The number of nitrogens with zero attached hydrogens (tertiary/aromatic N) is 3. The van der Waals surface area contributed by atoms with Crippen LogP contribution >= 0.6 is 27.3 Å². The molecule has 3 heterocycles. The molecule has 3 N–H and O–H groups in total. The molecule has 170 valence electrons. The van der Waals surface area contributed by atoms with Crippen LogP contribution in [0.25, 0.3) is 21.3 Å². The lowest BCUT2D eigenvalue weighted by molar-refractivity contribution is -0.140. The van der Waals surface area contributed by atoms with Crippen molar-refractivity contribution in [3.63, 3.8) is 0 Å². The van der Waals surface area contributed by atoms with Crippen molar-refractivity contribution in [3.05, 3.63) is 63.3 Å². The molecule has 0 saturated carbocycles. The number of rotatable bonds is 5. The van der Waals surface area contributed by atoms with Crippen LogP contribution in [0.3, 0.4) is 0 Å². The lowest BCUT2D eigenvalue weighted by atomic mass is 10.0. The molecule has 3 aromatic heterocycles. The number of halogens is 4. The van der Waals surface area contributed by atoms with E-state index in [0.29, 0.717) is 27.1 Å². The molecule has 12 heteroatoms. The fourth-order valence-electron chi connectivity index (χ4n) is 3.28. The fourth-order valence-corrected chi connectivity index (χ4v) is 4.58. The number of aromatic nitrogens is 3. The molecule has 1 aromatic carbocycles. The summed E-state index contributed by atoms with van der Waals surface area (Å²) in [6.07, 6.45) is -3.17. The van der Waals surface area contributed by atoms with Gasteiger partial charge in [-0.1, -0.05) is 30.3 Å². The Kier molecular flexibility index (Phi) is 5.97. The van der Waals surface area contributed by atoms with Gasteiger partial charge in [-0.25, -0.2) is 4.98 Å². The third kappa shape index (κ3) is 4.48. The molecule has 0 radical (unpaired) electrons. The maximum Gasteiger partial charge on any atom is 0.433 e. The van der Waals surface area contributed by atoms with Crippen LogP contribution in [0.2, 0.25) is 0 Å². The molecule has 0 saturated heterocycles. The number of thiophene rings is 1. The number of benzene rings is 1. The molecular formula is C21H15BrF3N5O2S. The van der Waals surface area contributed by atoms with E-state index in [1.807, 2.05) is 0 Å². The number of alkyl halides is 3. The highest BCUT2D eigenvalue weighted by Gasteiger charge is 2.35. The number of fused-ring (bicyclic) bond motifs is 1. The molecule has 0 aliphatic carbocycles. The Hall–Kier alpha value is -3.25. The van der Waals surface area contributed by atoms with E-state index >= 15 is 0 Å². The number of amides is 2. The van der Waals surface area contributed by atoms with Crippen LogP contribution in [0.1, 0.15) is 21.1 Å². The first-order valence-corrected chi connectivity index (χ1v) is 11.0. The first kappa shape index (κ1) is 22.9. The van der Waals surface area contributed by atoms with Gasteiger partial charge in [0.25, 0.3) is 5.91 Å². The number of hydrogen-bond acceptors (Lipinski definition) is 5. The van der Waals surface area contributed by atoms with Gasteiger partial charge in [0.05, 0.1) is 22.1 Å². The summed E-state index contributed by atoms with van der Waals surface area (Å²) in [6.45, 7) is 1.58. The highest BCUT2D eigenvalue weighted by molar-refractivity contribution is 9.10. The number of primary amides is 1. The Balaban J connectivity index is 1.89. The molecule has 0 spiro atoms. The van der Waals surface area contributed by atoms with E-state index in [0.717, 1.165) is 6.07 Å². The SMILES string of the molecule is Cc1c(Br)cnn1CC(=O)Nc1c(C(N)=O)sc2nc(C(F)(F)F)cc(-c3ccccc3)c12. The second kappa shape index (κ2) is 8.60. The molecule has 4 rings (SSSR count). The van der Waals surface area contributed by atoms with Gasteiger partial charge in [-0.05, 0) is 40.0 Å². The average Bonchev–Trinajstić information content (AvgIpc) is 3.28. The van der Waals surface area contributed by atoms with E-state index < -0.39 is 23.7 Å². The molecule has 0 fully saturated rings. The summed E-state index contributed by atoms with van der Waals surface area (Å²) in [5.74, 6) is -1.42. The minimum absolute atomic E-state index is 0.0245. The smallest absolute Gasteiger partial charge is 0.365 e. The number of anilines is 1. The molecule has 0 aliphatic heterocycles. The minimum Gasteiger partial charge on any atom is -0.365 e. The molecular weight excluding hydrogens is 523 g/mol. The van der Waals surface area contributed by atoms with Crippen molar-refractivity contribution in [1.29, 1.82) is 0 Å². The van der Waals surface area contributed by atoms with Crippen molar-refractivity contribution in [1.82, 2.24) is 14.8 Å². The van der Waals surface area contributed by atoms with Crippen molar-refractivity contribution in [3.8, 4) is 11.1 Å². The summed E-state index contributed by atoms with van der Waals surface area (Å²) in [4.78, 5) is 28.5. The molecule has 2 amide bonds. The van der Waals surface area contributed by atoms with E-state index in [1.165, 1.54) is 10.9 Å². The zero-order chi connectivity index (χ0) is 23.9. The molecule has 4 aromatic rings. The Morgan fingerprint density at radius 2 is 1.94 bits per heavy atom. The molecule has 0 aliphatic rings. The maximum absolute atomic E-state index is 13.5.